The Morgan fingerprint density at radius 1 is 1.06 bits per heavy atom. The monoisotopic (exact) mass is 467 g/mol. The van der Waals surface area contributed by atoms with Crippen molar-refractivity contribution in [2.24, 2.45) is 5.92 Å². The first-order valence-corrected chi connectivity index (χ1v) is 12.1. The Labute approximate surface area is 189 Å². The molecule has 0 unspecified atom stereocenters. The van der Waals surface area contributed by atoms with E-state index < -0.39 is 11.9 Å². The van der Waals surface area contributed by atoms with Crippen molar-refractivity contribution in [2.75, 3.05) is 26.2 Å². The van der Waals surface area contributed by atoms with E-state index in [2.05, 4.69) is 4.98 Å². The summed E-state index contributed by atoms with van der Waals surface area (Å²) in [5, 5.41) is 0.572. The Balaban J connectivity index is 1.36. The van der Waals surface area contributed by atoms with Gasteiger partial charge in [0.25, 0.3) is 5.91 Å². The molecule has 4 rings (SSSR count). The maximum absolute atomic E-state index is 13.1. The van der Waals surface area contributed by atoms with Gasteiger partial charge in [-0.15, -0.1) is 11.3 Å². The molecule has 0 aromatic carbocycles. The van der Waals surface area contributed by atoms with Gasteiger partial charge >= 0.3 is 6.18 Å². The predicted octanol–water partition coefficient (Wildman–Crippen LogP) is 5.27. The quantitative estimate of drug-likeness (QED) is 0.616. The fourth-order valence-electron chi connectivity index (χ4n) is 4.73. The number of pyridine rings is 1. The number of fused-ring (bicyclic) bond motifs is 1. The number of hydrogen-bond acceptors (Lipinski definition) is 4. The van der Waals surface area contributed by atoms with Crippen LogP contribution in [-0.4, -0.2) is 52.8 Å². The maximum Gasteiger partial charge on any atom is 0.433 e. The molecule has 0 N–H and O–H groups in total. The lowest BCUT2D eigenvalue weighted by molar-refractivity contribution is -0.141. The van der Waals surface area contributed by atoms with E-state index >= 15 is 0 Å². The summed E-state index contributed by atoms with van der Waals surface area (Å²) in [5.74, 6) is 0.621. The second kappa shape index (κ2) is 9.37. The second-order valence-corrected chi connectivity index (χ2v) is 9.82. The van der Waals surface area contributed by atoms with E-state index in [0.717, 1.165) is 23.8 Å². The topological polar surface area (TPSA) is 53.5 Å². The third-order valence-corrected chi connectivity index (χ3v) is 7.89. The van der Waals surface area contributed by atoms with Gasteiger partial charge in [-0.3, -0.25) is 9.59 Å². The summed E-state index contributed by atoms with van der Waals surface area (Å²) in [6, 6.07) is 2.34. The van der Waals surface area contributed by atoms with Gasteiger partial charge in [0.15, 0.2) is 0 Å². The van der Waals surface area contributed by atoms with Crippen molar-refractivity contribution in [3.05, 3.63) is 28.3 Å². The summed E-state index contributed by atoms with van der Waals surface area (Å²) in [4.78, 5) is 33.5. The smallest absolute Gasteiger partial charge is 0.339 e. The van der Waals surface area contributed by atoms with Gasteiger partial charge in [-0.2, -0.15) is 13.2 Å². The zero-order valence-corrected chi connectivity index (χ0v) is 19.0. The van der Waals surface area contributed by atoms with Gasteiger partial charge < -0.3 is 9.80 Å². The van der Waals surface area contributed by atoms with Gasteiger partial charge in [0.05, 0.1) is 4.88 Å². The SMILES string of the molecule is Cc1c(C(=O)N2CCN(C(=O)CCC3CCCCC3)CC2)sc2nc(C(F)(F)F)ccc12. The normalized spacial score (nSPS) is 18.4. The first-order valence-electron chi connectivity index (χ1n) is 11.3. The number of thiophene rings is 1. The zero-order valence-electron chi connectivity index (χ0n) is 18.2. The van der Waals surface area contributed by atoms with E-state index in [-0.39, 0.29) is 16.6 Å². The zero-order chi connectivity index (χ0) is 22.9. The third kappa shape index (κ3) is 4.92. The van der Waals surface area contributed by atoms with Crippen LogP contribution < -0.4 is 0 Å². The standard InChI is InChI=1S/C23H28F3N3O2S/c1-15-17-8-9-18(23(24,25)26)27-21(17)32-20(15)22(31)29-13-11-28(12-14-29)19(30)10-7-16-5-3-2-4-6-16/h8-9,16H,2-7,10-14H2,1H3. The molecule has 2 aliphatic rings. The Kier molecular flexibility index (Phi) is 6.74. The van der Waals surface area contributed by atoms with Crippen LogP contribution in [0.4, 0.5) is 13.2 Å². The van der Waals surface area contributed by atoms with Gasteiger partial charge in [-0.05, 0) is 37.0 Å². The molecule has 3 heterocycles. The fourth-order valence-corrected chi connectivity index (χ4v) is 5.87. The van der Waals surface area contributed by atoms with E-state index in [1.54, 1.807) is 11.8 Å². The second-order valence-electron chi connectivity index (χ2n) is 8.82. The lowest BCUT2D eigenvalue weighted by Crippen LogP contribution is -2.50. The molecule has 174 valence electrons. The molecular formula is C23H28F3N3O2S. The van der Waals surface area contributed by atoms with Crippen molar-refractivity contribution in [2.45, 2.75) is 58.0 Å². The van der Waals surface area contributed by atoms with Crippen molar-refractivity contribution >= 4 is 33.4 Å². The number of carbonyl (C=O) groups is 2. The van der Waals surface area contributed by atoms with Crippen LogP contribution in [0.1, 0.15) is 65.9 Å². The number of alkyl halides is 3. The number of halogens is 3. The number of carbonyl (C=O) groups excluding carboxylic acids is 2. The molecule has 2 amide bonds. The molecule has 1 aliphatic carbocycles. The molecule has 1 aliphatic heterocycles. The van der Waals surface area contributed by atoms with Crippen LogP contribution in [0.2, 0.25) is 0 Å². The van der Waals surface area contributed by atoms with Crippen LogP contribution in [-0.2, 0) is 11.0 Å². The highest BCUT2D eigenvalue weighted by Gasteiger charge is 2.33. The van der Waals surface area contributed by atoms with Crippen molar-refractivity contribution in [1.82, 2.24) is 14.8 Å². The largest absolute Gasteiger partial charge is 0.433 e. The molecule has 0 bridgehead atoms. The molecule has 1 saturated carbocycles. The van der Waals surface area contributed by atoms with Gasteiger partial charge in [0.2, 0.25) is 5.91 Å². The summed E-state index contributed by atoms with van der Waals surface area (Å²) in [6.07, 6.45) is 3.29. The predicted molar refractivity (Wildman–Crippen MR) is 118 cm³/mol. The molecule has 1 saturated heterocycles. The maximum atomic E-state index is 13.1. The average molecular weight is 468 g/mol. The van der Waals surface area contributed by atoms with E-state index in [4.69, 9.17) is 0 Å². The van der Waals surface area contributed by atoms with E-state index in [1.807, 2.05) is 4.90 Å². The molecule has 32 heavy (non-hydrogen) atoms. The van der Waals surface area contributed by atoms with Crippen LogP contribution in [0.5, 0.6) is 0 Å². The molecule has 0 radical (unpaired) electrons. The van der Waals surface area contributed by atoms with Gasteiger partial charge in [-0.1, -0.05) is 32.1 Å². The van der Waals surface area contributed by atoms with Crippen molar-refractivity contribution in [3.63, 3.8) is 0 Å². The summed E-state index contributed by atoms with van der Waals surface area (Å²) < 4.78 is 38.9. The number of rotatable bonds is 4. The van der Waals surface area contributed by atoms with Gasteiger partial charge in [-0.25, -0.2) is 4.98 Å². The molecule has 0 spiro atoms. The molecule has 2 aromatic heterocycles. The minimum atomic E-state index is -4.52. The number of aryl methyl sites for hydroxylation is 1. The molecule has 9 heteroatoms. The average Bonchev–Trinajstić information content (AvgIpc) is 3.13. The molecule has 2 aromatic rings. The number of hydrogen-bond donors (Lipinski definition) is 0. The third-order valence-electron chi connectivity index (χ3n) is 6.70. The summed E-state index contributed by atoms with van der Waals surface area (Å²) in [5.41, 5.74) is -0.298. The summed E-state index contributed by atoms with van der Waals surface area (Å²) >= 11 is 1.00. The number of piperazine rings is 1. The summed E-state index contributed by atoms with van der Waals surface area (Å²) in [6.45, 7) is 3.60. The van der Waals surface area contributed by atoms with Crippen LogP contribution in [0.25, 0.3) is 10.2 Å². The highest BCUT2D eigenvalue weighted by molar-refractivity contribution is 7.20. The minimum Gasteiger partial charge on any atom is -0.339 e. The number of amides is 2. The van der Waals surface area contributed by atoms with Crippen molar-refractivity contribution in [1.29, 1.82) is 0 Å². The first kappa shape index (κ1) is 23.0. The van der Waals surface area contributed by atoms with Crippen molar-refractivity contribution in [3.8, 4) is 0 Å². The number of nitrogens with zero attached hydrogens (tertiary/aromatic N) is 3. The first-order chi connectivity index (χ1) is 15.2. The lowest BCUT2D eigenvalue weighted by atomic mass is 9.86. The highest BCUT2D eigenvalue weighted by Crippen LogP contribution is 2.35. The fraction of sp³-hybridized carbons (Fsp3) is 0.609. The Morgan fingerprint density at radius 2 is 1.72 bits per heavy atom. The van der Waals surface area contributed by atoms with Crippen LogP contribution in [0, 0.1) is 12.8 Å². The van der Waals surface area contributed by atoms with E-state index in [0.29, 0.717) is 54.3 Å². The van der Waals surface area contributed by atoms with Gasteiger partial charge in [0.1, 0.15) is 10.5 Å². The van der Waals surface area contributed by atoms with E-state index in [9.17, 15) is 22.8 Å². The van der Waals surface area contributed by atoms with Gasteiger partial charge in [0, 0.05) is 38.0 Å². The molecule has 0 atom stereocenters. The Bertz CT molecular complexity index is 990. The van der Waals surface area contributed by atoms with E-state index in [1.165, 1.54) is 38.2 Å². The minimum absolute atomic E-state index is 0.157. The van der Waals surface area contributed by atoms with Crippen LogP contribution in [0.3, 0.4) is 0 Å². The molecule has 5 nitrogen and oxygen atoms in total. The van der Waals surface area contributed by atoms with Crippen LogP contribution >= 0.6 is 11.3 Å². The Hall–Kier alpha value is -2.16. The molecule has 2 fully saturated rings. The van der Waals surface area contributed by atoms with Crippen LogP contribution in [0.15, 0.2) is 12.1 Å². The molecular weight excluding hydrogens is 439 g/mol. The Morgan fingerprint density at radius 3 is 2.38 bits per heavy atom. The highest BCUT2D eigenvalue weighted by atomic mass is 32.1. The van der Waals surface area contributed by atoms with Crippen molar-refractivity contribution < 1.29 is 22.8 Å². The number of aromatic nitrogens is 1. The lowest BCUT2D eigenvalue weighted by Gasteiger charge is -2.35. The summed E-state index contributed by atoms with van der Waals surface area (Å²) in [7, 11) is 0.